The number of benzene rings is 1. The average molecular weight is 247 g/mol. The number of nitrogens with zero attached hydrogens (tertiary/aromatic N) is 1. The highest BCUT2D eigenvalue weighted by Gasteiger charge is 2.10. The molecule has 0 saturated heterocycles. The molecule has 88 valence electrons. The average Bonchev–Trinajstić information content (AvgIpc) is 2.28. The van der Waals surface area contributed by atoms with Crippen LogP contribution in [-0.4, -0.2) is 9.55 Å². The van der Waals surface area contributed by atoms with Gasteiger partial charge in [0.1, 0.15) is 5.82 Å². The maximum atomic E-state index is 11.2. The molecule has 1 unspecified atom stereocenters. The zero-order valence-electron chi connectivity index (χ0n) is 9.38. The summed E-state index contributed by atoms with van der Waals surface area (Å²) in [4.78, 5) is 13.8. The molecule has 0 fully saturated rings. The van der Waals surface area contributed by atoms with Crippen molar-refractivity contribution in [2.24, 2.45) is 0 Å². The van der Waals surface area contributed by atoms with Gasteiger partial charge in [0.05, 0.1) is 6.04 Å². The number of aromatic nitrogens is 2. The minimum Gasteiger partial charge on any atom is -0.385 e. The number of hydrogen-bond donors (Lipinski definition) is 2. The predicted octanol–water partition coefficient (Wildman–Crippen LogP) is 2.10. The molecule has 2 rings (SSSR count). The Morgan fingerprint density at radius 3 is 2.59 bits per heavy atom. The van der Waals surface area contributed by atoms with Crippen LogP contribution in [0.1, 0.15) is 18.5 Å². The highest BCUT2D eigenvalue weighted by molar-refractivity contribution is 7.71. The SMILES string of the molecule is CC(c1ccccc1)n1c(N)cc(=O)[nH]c1=S. The zero-order chi connectivity index (χ0) is 12.4. The molecule has 0 amide bonds. The van der Waals surface area contributed by atoms with Crippen molar-refractivity contribution in [1.29, 1.82) is 0 Å². The van der Waals surface area contributed by atoms with Gasteiger partial charge in [0.25, 0.3) is 5.56 Å². The third-order valence-electron chi connectivity index (χ3n) is 2.68. The van der Waals surface area contributed by atoms with Crippen molar-refractivity contribution in [3.8, 4) is 0 Å². The largest absolute Gasteiger partial charge is 0.385 e. The molecule has 1 aromatic heterocycles. The van der Waals surface area contributed by atoms with Gasteiger partial charge in [-0.15, -0.1) is 0 Å². The van der Waals surface area contributed by atoms with Gasteiger partial charge in [-0.05, 0) is 24.7 Å². The van der Waals surface area contributed by atoms with Crippen molar-refractivity contribution in [3.05, 3.63) is 57.1 Å². The summed E-state index contributed by atoms with van der Waals surface area (Å²) < 4.78 is 2.07. The molecule has 0 radical (unpaired) electrons. The second kappa shape index (κ2) is 4.55. The van der Waals surface area contributed by atoms with E-state index in [1.807, 2.05) is 37.3 Å². The van der Waals surface area contributed by atoms with Gasteiger partial charge in [-0.3, -0.25) is 14.3 Å². The lowest BCUT2D eigenvalue weighted by molar-refractivity contribution is 0.619. The maximum Gasteiger partial charge on any atom is 0.253 e. The van der Waals surface area contributed by atoms with Crippen LogP contribution < -0.4 is 11.3 Å². The number of rotatable bonds is 2. The summed E-state index contributed by atoms with van der Waals surface area (Å²) in [6.45, 7) is 1.99. The van der Waals surface area contributed by atoms with Gasteiger partial charge in [0.2, 0.25) is 0 Å². The van der Waals surface area contributed by atoms with Gasteiger partial charge in [0, 0.05) is 6.07 Å². The molecule has 17 heavy (non-hydrogen) atoms. The van der Waals surface area contributed by atoms with E-state index in [2.05, 4.69) is 4.98 Å². The van der Waals surface area contributed by atoms with E-state index in [0.29, 0.717) is 10.6 Å². The molecule has 4 nitrogen and oxygen atoms in total. The number of H-pyrrole nitrogens is 1. The normalized spacial score (nSPS) is 12.3. The van der Waals surface area contributed by atoms with Crippen LogP contribution in [0.2, 0.25) is 0 Å². The van der Waals surface area contributed by atoms with Crippen LogP contribution in [-0.2, 0) is 0 Å². The number of aromatic amines is 1. The van der Waals surface area contributed by atoms with Crippen molar-refractivity contribution < 1.29 is 0 Å². The molecule has 1 atom stereocenters. The number of nitrogen functional groups attached to an aromatic ring is 1. The Labute approximate surface area is 104 Å². The van der Waals surface area contributed by atoms with E-state index in [1.165, 1.54) is 6.07 Å². The molecular formula is C12H13N3OS. The third kappa shape index (κ3) is 2.29. The van der Waals surface area contributed by atoms with E-state index < -0.39 is 0 Å². The molecular weight excluding hydrogens is 234 g/mol. The smallest absolute Gasteiger partial charge is 0.253 e. The van der Waals surface area contributed by atoms with Crippen molar-refractivity contribution in [2.75, 3.05) is 5.73 Å². The minimum absolute atomic E-state index is 0.0134. The topological polar surface area (TPSA) is 63.8 Å². The summed E-state index contributed by atoms with van der Waals surface area (Å²) in [5, 5.41) is 0. The lowest BCUT2D eigenvalue weighted by Gasteiger charge is -2.18. The first-order valence-electron chi connectivity index (χ1n) is 5.26. The van der Waals surface area contributed by atoms with Crippen LogP contribution in [0.15, 0.2) is 41.2 Å². The second-order valence-electron chi connectivity index (χ2n) is 3.82. The van der Waals surface area contributed by atoms with Gasteiger partial charge in [-0.1, -0.05) is 30.3 Å². The molecule has 0 aliphatic heterocycles. The zero-order valence-corrected chi connectivity index (χ0v) is 10.2. The summed E-state index contributed by atoms with van der Waals surface area (Å²) in [7, 11) is 0. The van der Waals surface area contributed by atoms with Gasteiger partial charge < -0.3 is 5.73 Å². The summed E-state index contributed by atoms with van der Waals surface area (Å²) in [5.74, 6) is 0.370. The van der Waals surface area contributed by atoms with Crippen LogP contribution in [0, 0.1) is 4.77 Å². The Morgan fingerprint density at radius 1 is 1.35 bits per heavy atom. The van der Waals surface area contributed by atoms with Crippen molar-refractivity contribution in [2.45, 2.75) is 13.0 Å². The fourth-order valence-corrected chi connectivity index (χ4v) is 2.17. The lowest BCUT2D eigenvalue weighted by atomic mass is 10.1. The Hall–Kier alpha value is -1.88. The third-order valence-corrected chi connectivity index (χ3v) is 2.97. The molecule has 5 heteroatoms. The quantitative estimate of drug-likeness (QED) is 0.799. The van der Waals surface area contributed by atoms with E-state index >= 15 is 0 Å². The standard InChI is InChI=1S/C12H13N3OS/c1-8(9-5-3-2-4-6-9)15-10(13)7-11(16)14-12(15)17/h2-8H,13H2,1H3,(H,14,16,17). The van der Waals surface area contributed by atoms with E-state index in [-0.39, 0.29) is 11.6 Å². The predicted molar refractivity (Wildman–Crippen MR) is 70.6 cm³/mol. The Balaban J connectivity index is 2.56. The van der Waals surface area contributed by atoms with Gasteiger partial charge in [-0.25, -0.2) is 0 Å². The van der Waals surface area contributed by atoms with Crippen LogP contribution >= 0.6 is 12.2 Å². The van der Waals surface area contributed by atoms with Crippen molar-refractivity contribution in [3.63, 3.8) is 0 Å². The summed E-state index contributed by atoms with van der Waals surface area (Å²) >= 11 is 5.13. The number of nitrogens with one attached hydrogen (secondary N) is 1. The molecule has 0 aliphatic rings. The second-order valence-corrected chi connectivity index (χ2v) is 4.21. The molecule has 3 N–H and O–H groups in total. The van der Waals surface area contributed by atoms with E-state index in [0.717, 1.165) is 5.56 Å². The first-order valence-corrected chi connectivity index (χ1v) is 5.66. The Morgan fingerprint density at radius 2 is 2.00 bits per heavy atom. The highest BCUT2D eigenvalue weighted by Crippen LogP contribution is 2.19. The summed E-state index contributed by atoms with van der Waals surface area (Å²) in [6, 6.07) is 11.2. The molecule has 0 bridgehead atoms. The van der Waals surface area contributed by atoms with Crippen LogP contribution in [0.3, 0.4) is 0 Å². The molecule has 0 saturated carbocycles. The van der Waals surface area contributed by atoms with Crippen LogP contribution in [0.5, 0.6) is 0 Å². The number of nitrogens with two attached hydrogens (primary N) is 1. The summed E-state index contributed by atoms with van der Waals surface area (Å²) in [6.07, 6.45) is 0. The Kier molecular flexibility index (Phi) is 3.10. The van der Waals surface area contributed by atoms with Gasteiger partial charge in [0.15, 0.2) is 4.77 Å². The monoisotopic (exact) mass is 247 g/mol. The van der Waals surface area contributed by atoms with E-state index in [9.17, 15) is 4.79 Å². The fourth-order valence-electron chi connectivity index (χ4n) is 1.80. The Bertz CT molecular complexity index is 630. The van der Waals surface area contributed by atoms with Crippen molar-refractivity contribution >= 4 is 18.0 Å². The first-order chi connectivity index (χ1) is 8.09. The van der Waals surface area contributed by atoms with E-state index in [1.54, 1.807) is 4.57 Å². The highest BCUT2D eigenvalue weighted by atomic mass is 32.1. The molecule has 2 aromatic rings. The van der Waals surface area contributed by atoms with Gasteiger partial charge >= 0.3 is 0 Å². The first kappa shape index (κ1) is 11.6. The van der Waals surface area contributed by atoms with Gasteiger partial charge in [-0.2, -0.15) is 0 Å². The molecule has 1 heterocycles. The summed E-state index contributed by atoms with van der Waals surface area (Å²) in [5.41, 5.74) is 6.65. The lowest BCUT2D eigenvalue weighted by Crippen LogP contribution is -2.19. The molecule has 0 aliphatic carbocycles. The molecule has 1 aromatic carbocycles. The number of anilines is 1. The fraction of sp³-hybridized carbons (Fsp3) is 0.167. The minimum atomic E-state index is -0.274. The van der Waals surface area contributed by atoms with Crippen LogP contribution in [0.25, 0.3) is 0 Å². The van der Waals surface area contributed by atoms with Crippen LogP contribution in [0.4, 0.5) is 5.82 Å². The molecule has 0 spiro atoms. The maximum absolute atomic E-state index is 11.2. The number of hydrogen-bond acceptors (Lipinski definition) is 3. The van der Waals surface area contributed by atoms with E-state index in [4.69, 9.17) is 18.0 Å². The van der Waals surface area contributed by atoms with Crippen molar-refractivity contribution in [1.82, 2.24) is 9.55 Å².